The second kappa shape index (κ2) is 9.43. The van der Waals surface area contributed by atoms with E-state index < -0.39 is 10.0 Å². The van der Waals surface area contributed by atoms with Gasteiger partial charge in [-0.05, 0) is 36.8 Å². The first-order valence-electron chi connectivity index (χ1n) is 11.3. The molecule has 0 unspecified atom stereocenters. The van der Waals surface area contributed by atoms with Crippen molar-refractivity contribution in [2.75, 3.05) is 0 Å². The van der Waals surface area contributed by atoms with Crippen LogP contribution in [0.25, 0.3) is 10.6 Å². The van der Waals surface area contributed by atoms with E-state index in [9.17, 15) is 8.42 Å². The van der Waals surface area contributed by atoms with Crippen LogP contribution in [0.5, 0.6) is 0 Å². The molecular formula is C27H27N2O3S2+. The standard InChI is InChI=1S/C27H27N2O3S2/c1-20-25(32-19-21-12-6-3-7-13-21)26-24(28(2)27(33-26)22-14-8-4-9-15-22)18-29(20)34(30,31)23-16-10-5-11-17-23/h3-17,20,25H,18-19H2,1-2H3/q+1/t20-,25+/m0/s1. The van der Waals surface area contributed by atoms with E-state index >= 15 is 0 Å². The molecule has 5 rings (SSSR count). The number of ether oxygens (including phenoxy) is 1. The number of aromatic nitrogens is 1. The summed E-state index contributed by atoms with van der Waals surface area (Å²) in [5.74, 6) is 0. The predicted molar refractivity (Wildman–Crippen MR) is 134 cm³/mol. The number of benzene rings is 3. The minimum atomic E-state index is -3.70. The van der Waals surface area contributed by atoms with Crippen LogP contribution in [-0.2, 0) is 35.0 Å². The summed E-state index contributed by atoms with van der Waals surface area (Å²) in [6, 6.07) is 28.5. The molecule has 0 amide bonds. The fourth-order valence-electron chi connectivity index (χ4n) is 4.43. The first kappa shape index (κ1) is 22.9. The Bertz CT molecular complexity index is 1370. The highest BCUT2D eigenvalue weighted by Crippen LogP contribution is 2.42. The van der Waals surface area contributed by atoms with Crippen LogP contribution in [-0.4, -0.2) is 18.8 Å². The fraction of sp³-hybridized carbons (Fsp3) is 0.222. The van der Waals surface area contributed by atoms with Crippen LogP contribution >= 0.6 is 11.3 Å². The summed E-state index contributed by atoms with van der Waals surface area (Å²) >= 11 is 1.69. The molecule has 0 aliphatic carbocycles. The lowest BCUT2D eigenvalue weighted by atomic mass is 10.0. The van der Waals surface area contributed by atoms with E-state index in [1.165, 1.54) is 0 Å². The van der Waals surface area contributed by atoms with Crippen molar-refractivity contribution in [2.45, 2.75) is 37.1 Å². The van der Waals surface area contributed by atoms with Gasteiger partial charge in [0.2, 0.25) is 15.7 Å². The zero-order chi connectivity index (χ0) is 23.7. The Balaban J connectivity index is 1.58. The number of sulfonamides is 1. The first-order valence-corrected chi connectivity index (χ1v) is 13.5. The molecule has 1 aliphatic rings. The highest BCUT2D eigenvalue weighted by molar-refractivity contribution is 7.89. The summed E-state index contributed by atoms with van der Waals surface area (Å²) in [5, 5.41) is 1.09. The molecule has 0 saturated heterocycles. The quantitative estimate of drug-likeness (QED) is 0.353. The van der Waals surface area contributed by atoms with Crippen molar-refractivity contribution in [1.82, 2.24) is 4.31 Å². The van der Waals surface area contributed by atoms with Gasteiger partial charge in [0, 0.05) is 0 Å². The molecule has 0 saturated carbocycles. The molecule has 2 atom stereocenters. The van der Waals surface area contributed by atoms with Crippen molar-refractivity contribution < 1.29 is 17.7 Å². The van der Waals surface area contributed by atoms with Gasteiger partial charge in [-0.15, -0.1) is 0 Å². The van der Waals surface area contributed by atoms with Gasteiger partial charge in [0.05, 0.1) is 23.1 Å². The molecule has 0 spiro atoms. The highest BCUT2D eigenvalue weighted by Gasteiger charge is 2.46. The minimum absolute atomic E-state index is 0.299. The van der Waals surface area contributed by atoms with Crippen LogP contribution in [0.4, 0.5) is 0 Å². The third-order valence-corrected chi connectivity index (χ3v) is 9.64. The first-order chi connectivity index (χ1) is 16.5. The summed E-state index contributed by atoms with van der Waals surface area (Å²) in [7, 11) is -1.69. The average molecular weight is 492 g/mol. The van der Waals surface area contributed by atoms with E-state index in [1.54, 1.807) is 39.9 Å². The summed E-state index contributed by atoms with van der Waals surface area (Å²) in [5.41, 5.74) is 3.14. The molecule has 0 radical (unpaired) electrons. The van der Waals surface area contributed by atoms with E-state index in [-0.39, 0.29) is 12.1 Å². The molecule has 7 heteroatoms. The van der Waals surface area contributed by atoms with Crippen molar-refractivity contribution in [3.05, 3.63) is 107 Å². The Labute approximate surface area is 204 Å². The fourth-order valence-corrected chi connectivity index (χ4v) is 7.45. The van der Waals surface area contributed by atoms with Gasteiger partial charge in [-0.25, -0.2) is 8.42 Å². The maximum Gasteiger partial charge on any atom is 0.269 e. The second-order valence-electron chi connectivity index (χ2n) is 8.46. The van der Waals surface area contributed by atoms with E-state index in [4.69, 9.17) is 4.74 Å². The Morgan fingerprint density at radius 2 is 1.53 bits per heavy atom. The average Bonchev–Trinajstić information content (AvgIpc) is 3.20. The number of fused-ring (bicyclic) bond motifs is 1. The summed E-state index contributed by atoms with van der Waals surface area (Å²) in [4.78, 5) is 1.39. The number of hydrogen-bond donors (Lipinski definition) is 0. The lowest BCUT2D eigenvalue weighted by molar-refractivity contribution is -0.665. The van der Waals surface area contributed by atoms with Gasteiger partial charge in [-0.3, -0.25) is 0 Å². The maximum atomic E-state index is 13.7. The minimum Gasteiger partial charge on any atom is -0.366 e. The number of thiazole rings is 1. The summed E-state index contributed by atoms with van der Waals surface area (Å²) < 4.78 is 37.5. The molecule has 5 nitrogen and oxygen atoms in total. The van der Waals surface area contributed by atoms with Crippen LogP contribution in [0, 0.1) is 0 Å². The number of rotatable bonds is 6. The highest BCUT2D eigenvalue weighted by atomic mass is 32.2. The molecule has 1 aliphatic heterocycles. The molecule has 3 aromatic carbocycles. The predicted octanol–water partition coefficient (Wildman–Crippen LogP) is 5.09. The molecule has 1 aromatic heterocycles. The van der Waals surface area contributed by atoms with E-state index in [1.807, 2.05) is 68.6 Å². The molecule has 0 fully saturated rings. The van der Waals surface area contributed by atoms with Gasteiger partial charge >= 0.3 is 0 Å². The van der Waals surface area contributed by atoms with Crippen molar-refractivity contribution in [2.24, 2.45) is 7.05 Å². The van der Waals surface area contributed by atoms with Gasteiger partial charge < -0.3 is 4.74 Å². The molecule has 0 bridgehead atoms. The molecule has 174 valence electrons. The molecule has 2 heterocycles. The van der Waals surface area contributed by atoms with Crippen molar-refractivity contribution in [1.29, 1.82) is 0 Å². The second-order valence-corrected chi connectivity index (χ2v) is 11.4. The Kier molecular flexibility index (Phi) is 6.36. The Hall–Kier alpha value is -2.84. The van der Waals surface area contributed by atoms with E-state index in [0.717, 1.165) is 26.7 Å². The Morgan fingerprint density at radius 1 is 0.941 bits per heavy atom. The van der Waals surface area contributed by atoms with Gasteiger partial charge in [0.15, 0.2) is 0 Å². The van der Waals surface area contributed by atoms with Gasteiger partial charge in [0.25, 0.3) is 5.01 Å². The molecular weight excluding hydrogens is 464 g/mol. The zero-order valence-electron chi connectivity index (χ0n) is 19.2. The smallest absolute Gasteiger partial charge is 0.269 e. The van der Waals surface area contributed by atoms with Crippen molar-refractivity contribution in [3.8, 4) is 10.6 Å². The monoisotopic (exact) mass is 491 g/mol. The zero-order valence-corrected chi connectivity index (χ0v) is 20.8. The lowest BCUT2D eigenvalue weighted by Gasteiger charge is -2.36. The van der Waals surface area contributed by atoms with Crippen molar-refractivity contribution >= 4 is 21.4 Å². The third kappa shape index (κ3) is 4.20. The topological polar surface area (TPSA) is 50.5 Å². The van der Waals surface area contributed by atoms with Crippen LogP contribution in [0.3, 0.4) is 0 Å². The lowest BCUT2D eigenvalue weighted by Crippen LogP contribution is -2.49. The largest absolute Gasteiger partial charge is 0.366 e. The van der Waals surface area contributed by atoms with Crippen LogP contribution in [0.1, 0.15) is 29.2 Å². The van der Waals surface area contributed by atoms with Gasteiger partial charge in [-0.1, -0.05) is 78.1 Å². The normalized spacial score (nSPS) is 18.5. The van der Waals surface area contributed by atoms with Gasteiger partial charge in [-0.2, -0.15) is 8.87 Å². The van der Waals surface area contributed by atoms with Crippen molar-refractivity contribution in [3.63, 3.8) is 0 Å². The number of hydrogen-bond acceptors (Lipinski definition) is 4. The molecule has 34 heavy (non-hydrogen) atoms. The number of nitrogens with zero attached hydrogens (tertiary/aromatic N) is 2. The van der Waals surface area contributed by atoms with Crippen LogP contribution < -0.4 is 4.57 Å². The maximum absolute atomic E-state index is 13.7. The summed E-state index contributed by atoms with van der Waals surface area (Å²) in [6.45, 7) is 2.66. The summed E-state index contributed by atoms with van der Waals surface area (Å²) in [6.07, 6.45) is -0.379. The van der Waals surface area contributed by atoms with Crippen LogP contribution in [0.2, 0.25) is 0 Å². The SMILES string of the molecule is C[C@H]1[C@@H](OCc2ccccc2)c2sc(-c3ccccc3)[n+](C)c2CN1S(=O)(=O)c1ccccc1. The van der Waals surface area contributed by atoms with E-state index in [2.05, 4.69) is 16.7 Å². The third-order valence-electron chi connectivity index (χ3n) is 6.30. The molecule has 4 aromatic rings. The van der Waals surface area contributed by atoms with Crippen LogP contribution in [0.15, 0.2) is 95.9 Å². The Morgan fingerprint density at radius 3 is 2.18 bits per heavy atom. The van der Waals surface area contributed by atoms with Gasteiger partial charge in [0.1, 0.15) is 24.6 Å². The molecule has 0 N–H and O–H groups in total. The van der Waals surface area contributed by atoms with E-state index in [0.29, 0.717) is 18.0 Å².